The molecule has 1 heterocycles. The number of hydrogen-bond donors (Lipinski definition) is 4. The van der Waals surface area contributed by atoms with E-state index in [4.69, 9.17) is 5.11 Å². The van der Waals surface area contributed by atoms with Gasteiger partial charge in [-0.25, -0.2) is 4.39 Å². The molecule has 0 saturated carbocycles. The zero-order chi connectivity index (χ0) is 29.5. The molecule has 4 rings (SSSR count). The summed E-state index contributed by atoms with van der Waals surface area (Å²) in [4.78, 5) is 25.0. The second kappa shape index (κ2) is 15.1. The standard InChI is InChI=1S/C33H33FN2O5.Na.H/c1-21(2)36-28(18-17-26(37)19-27(38)20-29(39)40)30(23-13-15-24(34)16-14-23)31(22-9-5-3-6-10-22)32(36)33(41)35-25-11-7-4-8-12-25;;/h3-18,21,26-27,37-38H,19-20H2,1-2H3,(H,35,41)(H,39,40);;/t26-,27-;;/m1../s1. The molecule has 0 aliphatic rings. The van der Waals surface area contributed by atoms with E-state index in [2.05, 4.69) is 5.32 Å². The molecule has 9 heteroatoms. The Morgan fingerprint density at radius 3 is 2.02 bits per heavy atom. The topological polar surface area (TPSA) is 112 Å². The molecule has 0 saturated heterocycles. The van der Waals surface area contributed by atoms with Gasteiger partial charge in [-0.05, 0) is 55.3 Å². The summed E-state index contributed by atoms with van der Waals surface area (Å²) >= 11 is 0. The third kappa shape index (κ3) is 8.06. The molecule has 7 nitrogen and oxygen atoms in total. The van der Waals surface area contributed by atoms with Crippen LogP contribution in [0.15, 0.2) is 91.0 Å². The van der Waals surface area contributed by atoms with Crippen LogP contribution in [-0.4, -0.2) is 73.5 Å². The number of nitrogens with zero attached hydrogens (tertiary/aromatic N) is 1. The first-order chi connectivity index (χ1) is 19.7. The third-order valence-electron chi connectivity index (χ3n) is 6.60. The number of carboxylic acids is 1. The number of aliphatic carboxylic acids is 1. The van der Waals surface area contributed by atoms with E-state index in [9.17, 15) is 24.2 Å². The predicted molar refractivity (Wildman–Crippen MR) is 165 cm³/mol. The van der Waals surface area contributed by atoms with Crippen molar-refractivity contribution in [2.45, 2.75) is 44.9 Å². The molecular formula is C33H34FN2NaO5. The van der Waals surface area contributed by atoms with Gasteiger partial charge < -0.3 is 25.2 Å². The second-order valence-corrected chi connectivity index (χ2v) is 10.1. The average molecular weight is 581 g/mol. The molecule has 4 N–H and O–H groups in total. The van der Waals surface area contributed by atoms with E-state index in [0.29, 0.717) is 33.8 Å². The first kappa shape index (κ1) is 33.0. The summed E-state index contributed by atoms with van der Waals surface area (Å²) in [6, 6.07) is 24.3. The summed E-state index contributed by atoms with van der Waals surface area (Å²) in [6.45, 7) is 3.87. The zero-order valence-corrected chi connectivity index (χ0v) is 22.9. The van der Waals surface area contributed by atoms with Crippen LogP contribution in [0.1, 0.15) is 48.9 Å². The minimum atomic E-state index is -1.23. The van der Waals surface area contributed by atoms with Gasteiger partial charge in [0.2, 0.25) is 0 Å². The number of hydrogen-bond acceptors (Lipinski definition) is 4. The number of para-hydroxylation sites is 1. The van der Waals surface area contributed by atoms with Crippen molar-refractivity contribution in [2.24, 2.45) is 0 Å². The molecule has 0 spiro atoms. The number of aliphatic hydroxyl groups excluding tert-OH is 2. The molecule has 3 aromatic carbocycles. The van der Waals surface area contributed by atoms with Crippen molar-refractivity contribution in [2.75, 3.05) is 5.32 Å². The van der Waals surface area contributed by atoms with Gasteiger partial charge in [0, 0.05) is 35.0 Å². The van der Waals surface area contributed by atoms with Crippen LogP contribution in [0.5, 0.6) is 0 Å². The maximum absolute atomic E-state index is 14.0. The number of nitrogens with one attached hydrogen (secondary N) is 1. The Bertz CT molecular complexity index is 1520. The van der Waals surface area contributed by atoms with Gasteiger partial charge in [-0.2, -0.15) is 0 Å². The molecule has 0 unspecified atom stereocenters. The molecular weight excluding hydrogens is 546 g/mol. The van der Waals surface area contributed by atoms with Crippen molar-refractivity contribution in [3.63, 3.8) is 0 Å². The van der Waals surface area contributed by atoms with Crippen LogP contribution in [0.4, 0.5) is 10.1 Å². The Morgan fingerprint density at radius 1 is 0.881 bits per heavy atom. The van der Waals surface area contributed by atoms with E-state index in [1.807, 2.05) is 66.9 Å². The van der Waals surface area contributed by atoms with Crippen LogP contribution in [0, 0.1) is 5.82 Å². The normalized spacial score (nSPS) is 12.6. The Hall–Kier alpha value is -3.53. The Balaban J connectivity index is 0.00000484. The van der Waals surface area contributed by atoms with Gasteiger partial charge in [0.25, 0.3) is 5.91 Å². The van der Waals surface area contributed by atoms with Crippen LogP contribution < -0.4 is 5.32 Å². The van der Waals surface area contributed by atoms with Crippen LogP contribution >= 0.6 is 0 Å². The van der Waals surface area contributed by atoms with E-state index >= 15 is 0 Å². The number of anilines is 1. The van der Waals surface area contributed by atoms with Crippen molar-refractivity contribution in [1.29, 1.82) is 0 Å². The first-order valence-corrected chi connectivity index (χ1v) is 13.4. The summed E-state index contributed by atoms with van der Waals surface area (Å²) < 4.78 is 15.9. The minimum absolute atomic E-state index is 0. The van der Waals surface area contributed by atoms with Gasteiger partial charge in [-0.15, -0.1) is 0 Å². The second-order valence-electron chi connectivity index (χ2n) is 10.1. The molecule has 0 aliphatic carbocycles. The Labute approximate surface area is 266 Å². The van der Waals surface area contributed by atoms with Crippen LogP contribution in [0.3, 0.4) is 0 Å². The molecule has 0 radical (unpaired) electrons. The van der Waals surface area contributed by atoms with Gasteiger partial charge in [-0.1, -0.05) is 66.7 Å². The van der Waals surface area contributed by atoms with Gasteiger partial charge in [0.05, 0.1) is 18.6 Å². The first-order valence-electron chi connectivity index (χ1n) is 13.4. The van der Waals surface area contributed by atoms with Crippen molar-refractivity contribution < 1.29 is 29.3 Å². The zero-order valence-electron chi connectivity index (χ0n) is 22.9. The molecule has 0 aliphatic heterocycles. The number of benzene rings is 3. The fraction of sp³-hybridized carbons (Fsp3) is 0.212. The predicted octanol–water partition coefficient (Wildman–Crippen LogP) is 5.75. The van der Waals surface area contributed by atoms with E-state index in [0.717, 1.165) is 5.56 Å². The van der Waals surface area contributed by atoms with Crippen molar-refractivity contribution >= 4 is 53.2 Å². The number of carboxylic acid groups (broad SMARTS) is 1. The molecule has 0 fully saturated rings. The molecule has 42 heavy (non-hydrogen) atoms. The van der Waals surface area contributed by atoms with Gasteiger partial charge in [0.15, 0.2) is 0 Å². The number of aromatic nitrogens is 1. The third-order valence-corrected chi connectivity index (χ3v) is 6.60. The monoisotopic (exact) mass is 580 g/mol. The Kier molecular flexibility index (Phi) is 11.8. The van der Waals surface area contributed by atoms with Gasteiger partial charge >= 0.3 is 35.5 Å². The molecule has 4 aromatic rings. The van der Waals surface area contributed by atoms with E-state index < -0.39 is 30.4 Å². The summed E-state index contributed by atoms with van der Waals surface area (Å²) in [5, 5.41) is 32.6. The maximum atomic E-state index is 14.0. The van der Waals surface area contributed by atoms with Gasteiger partial charge in [-0.3, -0.25) is 9.59 Å². The number of aliphatic hydroxyl groups is 2. The molecule has 214 valence electrons. The quantitative estimate of drug-likeness (QED) is 0.169. The summed E-state index contributed by atoms with van der Waals surface area (Å²) in [5.41, 5.74) is 4.34. The molecule has 1 aromatic heterocycles. The van der Waals surface area contributed by atoms with Crippen molar-refractivity contribution in [3.05, 3.63) is 108 Å². The fourth-order valence-corrected chi connectivity index (χ4v) is 4.88. The molecule has 2 atom stereocenters. The van der Waals surface area contributed by atoms with Crippen molar-refractivity contribution in [1.82, 2.24) is 4.57 Å². The Morgan fingerprint density at radius 2 is 1.45 bits per heavy atom. The number of amides is 1. The van der Waals surface area contributed by atoms with Crippen molar-refractivity contribution in [3.8, 4) is 22.3 Å². The van der Waals surface area contributed by atoms with Gasteiger partial charge in [0.1, 0.15) is 11.5 Å². The summed E-state index contributed by atoms with van der Waals surface area (Å²) in [7, 11) is 0. The van der Waals surface area contributed by atoms with E-state index in [1.54, 1.807) is 30.3 Å². The molecule has 1 amide bonds. The number of carbonyl (C=O) groups excluding carboxylic acids is 1. The number of halogens is 1. The van der Waals surface area contributed by atoms with E-state index in [1.165, 1.54) is 18.2 Å². The summed E-state index contributed by atoms with van der Waals surface area (Å²) in [5.74, 6) is -1.91. The van der Waals surface area contributed by atoms with E-state index in [-0.39, 0.29) is 47.9 Å². The SMILES string of the molecule is CC(C)n1c(C=C[C@@H](O)C[C@@H](O)CC(=O)O)c(-c2ccc(F)cc2)c(-c2ccccc2)c1C(=O)Nc1ccccc1.[NaH]. The van der Waals surface area contributed by atoms with Crippen LogP contribution in [-0.2, 0) is 4.79 Å². The van der Waals surface area contributed by atoms with Crippen LogP contribution in [0.25, 0.3) is 28.3 Å². The average Bonchev–Trinajstić information content (AvgIpc) is 3.28. The summed E-state index contributed by atoms with van der Waals surface area (Å²) in [6.07, 6.45) is 0.0955. The number of rotatable bonds is 11. The molecule has 0 bridgehead atoms. The fourth-order valence-electron chi connectivity index (χ4n) is 4.88. The van der Waals surface area contributed by atoms with Crippen LogP contribution in [0.2, 0.25) is 0 Å². The number of carbonyl (C=O) groups is 2.